The summed E-state index contributed by atoms with van der Waals surface area (Å²) in [6.07, 6.45) is 2.41. The predicted molar refractivity (Wildman–Crippen MR) is 107 cm³/mol. The number of carbonyl (C=O) groups excluding carboxylic acids is 2. The van der Waals surface area contributed by atoms with Gasteiger partial charge < -0.3 is 20.7 Å². The van der Waals surface area contributed by atoms with Crippen molar-refractivity contribution in [2.24, 2.45) is 11.7 Å². The maximum atomic E-state index is 12.3. The number of hydrogen-bond donors (Lipinski definition) is 2. The molecule has 0 saturated carbocycles. The van der Waals surface area contributed by atoms with Gasteiger partial charge in [-0.2, -0.15) is 0 Å². The molecule has 1 saturated heterocycles. The molecule has 0 spiro atoms. The molecular formula is C22H25N3O3. The highest BCUT2D eigenvalue weighted by Crippen LogP contribution is 2.38. The lowest BCUT2D eigenvalue weighted by Crippen LogP contribution is -2.34. The standard InChI is InChI=1S/C22H25N3O3/c23-22(27)25-14-17-3-1-2-4-19(17)21(25)16-5-7-18(8-6-16)24-20(26)13-15-9-11-28-12-10-15/h1-8,15,21H,9-14H2,(H2,23,27)(H,24,26). The van der Waals surface area contributed by atoms with Crippen LogP contribution >= 0.6 is 0 Å². The van der Waals surface area contributed by atoms with Gasteiger partial charge in [0.05, 0.1) is 6.04 Å². The Kier molecular flexibility index (Phi) is 5.30. The van der Waals surface area contributed by atoms with Gasteiger partial charge in [-0.1, -0.05) is 36.4 Å². The topological polar surface area (TPSA) is 84.7 Å². The van der Waals surface area contributed by atoms with Crippen molar-refractivity contribution >= 4 is 17.6 Å². The third-order valence-electron chi connectivity index (χ3n) is 5.61. The molecule has 1 atom stereocenters. The number of fused-ring (bicyclic) bond motifs is 1. The molecule has 0 radical (unpaired) electrons. The van der Waals surface area contributed by atoms with Crippen LogP contribution in [0.3, 0.4) is 0 Å². The minimum Gasteiger partial charge on any atom is -0.381 e. The van der Waals surface area contributed by atoms with E-state index in [0.29, 0.717) is 18.9 Å². The highest BCUT2D eigenvalue weighted by Gasteiger charge is 2.33. The zero-order chi connectivity index (χ0) is 19.5. The lowest BCUT2D eigenvalue weighted by Gasteiger charge is -2.24. The zero-order valence-corrected chi connectivity index (χ0v) is 15.8. The Hall–Kier alpha value is -2.86. The molecule has 6 nitrogen and oxygen atoms in total. The summed E-state index contributed by atoms with van der Waals surface area (Å²) < 4.78 is 5.34. The first kappa shape index (κ1) is 18.5. The fourth-order valence-electron chi connectivity index (χ4n) is 4.13. The number of primary amides is 1. The molecule has 2 aliphatic rings. The summed E-state index contributed by atoms with van der Waals surface area (Å²) in [5, 5.41) is 2.98. The number of ether oxygens (including phenoxy) is 1. The summed E-state index contributed by atoms with van der Waals surface area (Å²) in [6.45, 7) is 2.00. The van der Waals surface area contributed by atoms with Crippen molar-refractivity contribution in [2.45, 2.75) is 31.8 Å². The van der Waals surface area contributed by atoms with Gasteiger partial charge in [0, 0.05) is 31.9 Å². The molecule has 1 fully saturated rings. The number of carbonyl (C=O) groups is 2. The van der Waals surface area contributed by atoms with Crippen LogP contribution in [0.25, 0.3) is 0 Å². The van der Waals surface area contributed by atoms with Crippen LogP contribution in [0.1, 0.15) is 42.0 Å². The van der Waals surface area contributed by atoms with E-state index >= 15 is 0 Å². The number of rotatable bonds is 4. The molecule has 146 valence electrons. The smallest absolute Gasteiger partial charge is 0.315 e. The summed E-state index contributed by atoms with van der Waals surface area (Å²) in [5.41, 5.74) is 9.56. The highest BCUT2D eigenvalue weighted by atomic mass is 16.5. The van der Waals surface area contributed by atoms with Crippen molar-refractivity contribution in [2.75, 3.05) is 18.5 Å². The second-order valence-corrected chi connectivity index (χ2v) is 7.50. The molecular weight excluding hydrogens is 354 g/mol. The number of anilines is 1. The van der Waals surface area contributed by atoms with Crippen molar-refractivity contribution in [3.8, 4) is 0 Å². The molecule has 2 aromatic rings. The minimum atomic E-state index is -0.435. The van der Waals surface area contributed by atoms with E-state index in [1.807, 2.05) is 48.5 Å². The van der Waals surface area contributed by atoms with Crippen LogP contribution in [0.2, 0.25) is 0 Å². The summed E-state index contributed by atoms with van der Waals surface area (Å²) in [5.74, 6) is 0.428. The van der Waals surface area contributed by atoms with Gasteiger partial charge >= 0.3 is 6.03 Å². The average molecular weight is 379 g/mol. The Labute approximate surface area is 164 Å². The SMILES string of the molecule is NC(=O)N1Cc2ccccc2C1c1ccc(NC(=O)CC2CCOCC2)cc1. The van der Waals surface area contributed by atoms with E-state index in [-0.39, 0.29) is 11.9 Å². The second kappa shape index (κ2) is 8.02. The van der Waals surface area contributed by atoms with Crippen molar-refractivity contribution < 1.29 is 14.3 Å². The van der Waals surface area contributed by atoms with E-state index in [0.717, 1.165) is 48.4 Å². The quantitative estimate of drug-likeness (QED) is 0.854. The Morgan fingerprint density at radius 1 is 1.07 bits per heavy atom. The number of hydrogen-bond acceptors (Lipinski definition) is 3. The van der Waals surface area contributed by atoms with Gasteiger partial charge in [0.15, 0.2) is 0 Å². The molecule has 3 amide bonds. The highest BCUT2D eigenvalue weighted by molar-refractivity contribution is 5.90. The molecule has 4 rings (SSSR count). The summed E-state index contributed by atoms with van der Waals surface area (Å²) in [4.78, 5) is 25.9. The minimum absolute atomic E-state index is 0.0321. The van der Waals surface area contributed by atoms with E-state index < -0.39 is 6.03 Å². The largest absolute Gasteiger partial charge is 0.381 e. The number of urea groups is 1. The predicted octanol–water partition coefficient (Wildman–Crippen LogP) is 3.43. The van der Waals surface area contributed by atoms with E-state index in [1.165, 1.54) is 0 Å². The van der Waals surface area contributed by atoms with Crippen molar-refractivity contribution in [1.82, 2.24) is 4.90 Å². The van der Waals surface area contributed by atoms with Crippen LogP contribution in [0.15, 0.2) is 48.5 Å². The first-order chi connectivity index (χ1) is 13.6. The molecule has 0 aromatic heterocycles. The summed E-state index contributed by atoms with van der Waals surface area (Å²) in [7, 11) is 0. The molecule has 2 aliphatic heterocycles. The third kappa shape index (κ3) is 3.87. The Bertz CT molecular complexity index is 860. The van der Waals surface area contributed by atoms with Gasteiger partial charge in [-0.15, -0.1) is 0 Å². The van der Waals surface area contributed by atoms with Crippen LogP contribution in [0, 0.1) is 5.92 Å². The Morgan fingerprint density at radius 3 is 2.50 bits per heavy atom. The van der Waals surface area contributed by atoms with E-state index in [2.05, 4.69) is 5.32 Å². The lowest BCUT2D eigenvalue weighted by atomic mass is 9.96. The van der Waals surface area contributed by atoms with Gasteiger partial charge in [0.2, 0.25) is 5.91 Å². The molecule has 2 heterocycles. The number of nitrogens with one attached hydrogen (secondary N) is 1. The summed E-state index contributed by atoms with van der Waals surface area (Å²) in [6, 6.07) is 15.0. The molecule has 0 aliphatic carbocycles. The molecule has 1 unspecified atom stereocenters. The van der Waals surface area contributed by atoms with Crippen molar-refractivity contribution in [1.29, 1.82) is 0 Å². The zero-order valence-electron chi connectivity index (χ0n) is 15.8. The summed E-state index contributed by atoms with van der Waals surface area (Å²) >= 11 is 0. The molecule has 6 heteroatoms. The molecule has 0 bridgehead atoms. The van der Waals surface area contributed by atoms with Gasteiger partial charge in [-0.25, -0.2) is 4.79 Å². The molecule has 2 aromatic carbocycles. The first-order valence-electron chi connectivity index (χ1n) is 9.73. The van der Waals surface area contributed by atoms with E-state index in [9.17, 15) is 9.59 Å². The maximum Gasteiger partial charge on any atom is 0.315 e. The van der Waals surface area contributed by atoms with Crippen LogP contribution in [0.5, 0.6) is 0 Å². The molecule has 3 N–H and O–H groups in total. The number of amides is 3. The number of nitrogens with two attached hydrogens (primary N) is 1. The van der Waals surface area contributed by atoms with Gasteiger partial charge in [-0.3, -0.25) is 4.79 Å². The van der Waals surface area contributed by atoms with E-state index in [4.69, 9.17) is 10.5 Å². The Balaban J connectivity index is 1.46. The average Bonchev–Trinajstić information content (AvgIpc) is 3.09. The first-order valence-corrected chi connectivity index (χ1v) is 9.73. The van der Waals surface area contributed by atoms with E-state index in [1.54, 1.807) is 4.90 Å². The fraction of sp³-hybridized carbons (Fsp3) is 0.364. The second-order valence-electron chi connectivity index (χ2n) is 7.50. The van der Waals surface area contributed by atoms with Gasteiger partial charge in [0.1, 0.15) is 0 Å². The van der Waals surface area contributed by atoms with Crippen LogP contribution in [-0.4, -0.2) is 30.1 Å². The van der Waals surface area contributed by atoms with Crippen molar-refractivity contribution in [3.05, 3.63) is 65.2 Å². The third-order valence-corrected chi connectivity index (χ3v) is 5.61. The number of nitrogens with zero attached hydrogens (tertiary/aromatic N) is 1. The lowest BCUT2D eigenvalue weighted by molar-refractivity contribution is -0.117. The van der Waals surface area contributed by atoms with Crippen LogP contribution in [-0.2, 0) is 16.1 Å². The Morgan fingerprint density at radius 2 is 1.79 bits per heavy atom. The maximum absolute atomic E-state index is 12.3. The van der Waals surface area contributed by atoms with Gasteiger partial charge in [-0.05, 0) is 47.6 Å². The monoisotopic (exact) mass is 379 g/mol. The fourth-order valence-corrected chi connectivity index (χ4v) is 4.13. The number of benzene rings is 2. The van der Waals surface area contributed by atoms with Crippen LogP contribution in [0.4, 0.5) is 10.5 Å². The van der Waals surface area contributed by atoms with Crippen molar-refractivity contribution in [3.63, 3.8) is 0 Å². The van der Waals surface area contributed by atoms with Crippen LogP contribution < -0.4 is 11.1 Å². The normalized spacial score (nSPS) is 19.3. The van der Waals surface area contributed by atoms with Gasteiger partial charge in [0.25, 0.3) is 0 Å². The molecule has 28 heavy (non-hydrogen) atoms.